The van der Waals surface area contributed by atoms with Crippen LogP contribution in [0.15, 0.2) is 18.2 Å². The molecule has 90 valence electrons. The molecule has 0 saturated carbocycles. The molecule has 0 radical (unpaired) electrons. The van der Waals surface area contributed by atoms with E-state index in [4.69, 9.17) is 5.11 Å². The van der Waals surface area contributed by atoms with E-state index in [0.717, 1.165) is 4.90 Å². The van der Waals surface area contributed by atoms with E-state index in [-0.39, 0.29) is 23.2 Å². The Kier molecular flexibility index (Phi) is 2.86. The summed E-state index contributed by atoms with van der Waals surface area (Å²) in [5.74, 6) is 3.17. The number of benzene rings is 1. The number of carboxylic acid groups (broad SMARTS) is 1. The predicted molar refractivity (Wildman–Crippen MR) is 62.2 cm³/mol. The second-order valence-corrected chi connectivity index (χ2v) is 3.69. The maximum atomic E-state index is 11.9. The minimum atomic E-state index is -1.13. The number of carbonyl (C=O) groups is 3. The Morgan fingerprint density at radius 2 is 1.94 bits per heavy atom. The van der Waals surface area contributed by atoms with Crippen molar-refractivity contribution in [3.8, 4) is 11.8 Å². The summed E-state index contributed by atoms with van der Waals surface area (Å²) in [6.45, 7) is 1.63. The first kappa shape index (κ1) is 11.9. The molecule has 0 aliphatic carbocycles. The summed E-state index contributed by atoms with van der Waals surface area (Å²) in [6.07, 6.45) is 0. The maximum absolute atomic E-state index is 11.9. The van der Waals surface area contributed by atoms with Crippen molar-refractivity contribution in [2.45, 2.75) is 6.92 Å². The second-order valence-electron chi connectivity index (χ2n) is 3.69. The summed E-state index contributed by atoms with van der Waals surface area (Å²) >= 11 is 0. The number of nitrogens with zero attached hydrogens (tertiary/aromatic N) is 1. The lowest BCUT2D eigenvalue weighted by molar-refractivity contribution is 0.0671. The van der Waals surface area contributed by atoms with Gasteiger partial charge in [-0.2, -0.15) is 0 Å². The molecule has 1 heterocycles. The third kappa shape index (κ3) is 1.74. The zero-order valence-electron chi connectivity index (χ0n) is 9.56. The zero-order valence-corrected chi connectivity index (χ0v) is 9.56. The number of imide groups is 1. The molecule has 1 aromatic carbocycles. The van der Waals surface area contributed by atoms with E-state index in [2.05, 4.69) is 11.8 Å². The molecule has 1 N–H and O–H groups in total. The van der Waals surface area contributed by atoms with Crippen LogP contribution in [0.1, 0.15) is 38.0 Å². The molecular weight excluding hydrogens is 234 g/mol. The monoisotopic (exact) mass is 243 g/mol. The highest BCUT2D eigenvalue weighted by Gasteiger charge is 2.35. The van der Waals surface area contributed by atoms with Crippen molar-refractivity contribution in [1.82, 2.24) is 4.90 Å². The molecule has 0 unspecified atom stereocenters. The van der Waals surface area contributed by atoms with Gasteiger partial charge in [-0.05, 0) is 25.1 Å². The van der Waals surface area contributed by atoms with Gasteiger partial charge in [-0.3, -0.25) is 14.5 Å². The minimum absolute atomic E-state index is 0.0154. The highest BCUT2D eigenvalue weighted by Crippen LogP contribution is 2.23. The molecule has 0 saturated heterocycles. The van der Waals surface area contributed by atoms with Crippen LogP contribution in [0.25, 0.3) is 0 Å². The van der Waals surface area contributed by atoms with Gasteiger partial charge >= 0.3 is 5.97 Å². The van der Waals surface area contributed by atoms with Crippen LogP contribution in [0.3, 0.4) is 0 Å². The Morgan fingerprint density at radius 3 is 2.56 bits per heavy atom. The van der Waals surface area contributed by atoms with Crippen LogP contribution in [0.2, 0.25) is 0 Å². The Balaban J connectivity index is 2.44. The summed E-state index contributed by atoms with van der Waals surface area (Å²) in [5, 5.41) is 8.84. The SMILES string of the molecule is CC#CCN1C(=O)c2ccc(C(=O)O)cc2C1=O. The molecule has 1 aromatic rings. The van der Waals surface area contributed by atoms with Crippen LogP contribution < -0.4 is 0 Å². The quantitative estimate of drug-likeness (QED) is 0.621. The zero-order chi connectivity index (χ0) is 13.3. The molecule has 0 aromatic heterocycles. The molecule has 0 bridgehead atoms. The normalized spacial score (nSPS) is 13.1. The number of rotatable bonds is 2. The largest absolute Gasteiger partial charge is 0.478 e. The molecule has 0 spiro atoms. The lowest BCUT2D eigenvalue weighted by atomic mass is 10.1. The number of amides is 2. The van der Waals surface area contributed by atoms with Gasteiger partial charge in [0, 0.05) is 0 Å². The van der Waals surface area contributed by atoms with E-state index >= 15 is 0 Å². The van der Waals surface area contributed by atoms with Gasteiger partial charge in [0.15, 0.2) is 0 Å². The second kappa shape index (κ2) is 4.34. The molecule has 18 heavy (non-hydrogen) atoms. The van der Waals surface area contributed by atoms with Crippen molar-refractivity contribution in [1.29, 1.82) is 0 Å². The summed E-state index contributed by atoms with van der Waals surface area (Å²) in [7, 11) is 0. The fourth-order valence-electron chi connectivity index (χ4n) is 1.73. The van der Waals surface area contributed by atoms with Gasteiger partial charge in [0.05, 0.1) is 23.2 Å². The molecule has 1 aliphatic rings. The third-order valence-electron chi connectivity index (χ3n) is 2.63. The van der Waals surface area contributed by atoms with Gasteiger partial charge in [-0.25, -0.2) is 4.79 Å². The fourth-order valence-corrected chi connectivity index (χ4v) is 1.73. The Morgan fingerprint density at radius 1 is 1.28 bits per heavy atom. The molecule has 5 nitrogen and oxygen atoms in total. The highest BCUT2D eigenvalue weighted by atomic mass is 16.4. The molecule has 0 atom stereocenters. The standard InChI is InChI=1S/C13H9NO4/c1-2-3-6-14-11(15)9-5-4-8(13(17)18)7-10(9)12(14)16/h4-5,7H,6H2,1H3,(H,17,18). The smallest absolute Gasteiger partial charge is 0.335 e. The first-order chi connectivity index (χ1) is 8.56. The molecule has 1 aliphatic heterocycles. The van der Waals surface area contributed by atoms with E-state index in [1.165, 1.54) is 18.2 Å². The number of hydrogen-bond acceptors (Lipinski definition) is 3. The van der Waals surface area contributed by atoms with Crippen molar-refractivity contribution in [2.24, 2.45) is 0 Å². The van der Waals surface area contributed by atoms with Crippen LogP contribution in [0, 0.1) is 11.8 Å². The van der Waals surface area contributed by atoms with Gasteiger partial charge in [0.2, 0.25) is 0 Å². The van der Waals surface area contributed by atoms with Crippen LogP contribution in [-0.4, -0.2) is 34.3 Å². The van der Waals surface area contributed by atoms with Gasteiger partial charge in [0.25, 0.3) is 11.8 Å². The molecular formula is C13H9NO4. The molecule has 5 heteroatoms. The average molecular weight is 243 g/mol. The average Bonchev–Trinajstić information content (AvgIpc) is 2.59. The van der Waals surface area contributed by atoms with E-state index in [0.29, 0.717) is 0 Å². The van der Waals surface area contributed by atoms with Gasteiger partial charge < -0.3 is 5.11 Å². The van der Waals surface area contributed by atoms with Crippen LogP contribution >= 0.6 is 0 Å². The van der Waals surface area contributed by atoms with E-state index < -0.39 is 17.8 Å². The Bertz CT molecular complexity index is 622. The third-order valence-corrected chi connectivity index (χ3v) is 2.63. The van der Waals surface area contributed by atoms with E-state index in [9.17, 15) is 14.4 Å². The Hall–Kier alpha value is -2.61. The molecule has 2 rings (SSSR count). The van der Waals surface area contributed by atoms with Crippen molar-refractivity contribution >= 4 is 17.8 Å². The lowest BCUT2D eigenvalue weighted by Gasteiger charge is -2.08. The molecule has 0 fully saturated rings. The van der Waals surface area contributed by atoms with Crippen LogP contribution in [-0.2, 0) is 0 Å². The summed E-state index contributed by atoms with van der Waals surface area (Å²) < 4.78 is 0. The number of aromatic carboxylic acids is 1. The Labute approximate surface area is 103 Å². The van der Waals surface area contributed by atoms with Gasteiger partial charge in [0.1, 0.15) is 0 Å². The fraction of sp³-hybridized carbons (Fsp3) is 0.154. The van der Waals surface area contributed by atoms with Crippen molar-refractivity contribution in [2.75, 3.05) is 6.54 Å². The predicted octanol–water partition coefficient (Wildman–Crippen LogP) is 1.00. The number of carboxylic acids is 1. The lowest BCUT2D eigenvalue weighted by Crippen LogP contribution is -2.29. The summed E-state index contributed by atoms with van der Waals surface area (Å²) in [5.41, 5.74) is 0.332. The van der Waals surface area contributed by atoms with Crippen molar-refractivity contribution < 1.29 is 19.5 Å². The summed E-state index contributed by atoms with van der Waals surface area (Å²) in [4.78, 5) is 35.6. The van der Waals surface area contributed by atoms with Crippen molar-refractivity contribution in [3.63, 3.8) is 0 Å². The van der Waals surface area contributed by atoms with Crippen LogP contribution in [0.5, 0.6) is 0 Å². The number of carbonyl (C=O) groups excluding carboxylic acids is 2. The number of hydrogen-bond donors (Lipinski definition) is 1. The highest BCUT2D eigenvalue weighted by molar-refractivity contribution is 6.22. The van der Waals surface area contributed by atoms with Crippen LogP contribution in [0.4, 0.5) is 0 Å². The summed E-state index contributed by atoms with van der Waals surface area (Å²) in [6, 6.07) is 3.89. The van der Waals surface area contributed by atoms with Crippen molar-refractivity contribution in [3.05, 3.63) is 34.9 Å². The van der Waals surface area contributed by atoms with E-state index in [1.54, 1.807) is 6.92 Å². The first-order valence-corrected chi connectivity index (χ1v) is 5.19. The topological polar surface area (TPSA) is 74.7 Å². The van der Waals surface area contributed by atoms with Gasteiger partial charge in [-0.1, -0.05) is 5.92 Å². The number of fused-ring (bicyclic) bond motifs is 1. The van der Waals surface area contributed by atoms with E-state index in [1.807, 2.05) is 0 Å². The molecule has 2 amide bonds. The minimum Gasteiger partial charge on any atom is -0.478 e. The first-order valence-electron chi connectivity index (χ1n) is 5.19. The maximum Gasteiger partial charge on any atom is 0.335 e. The van der Waals surface area contributed by atoms with Gasteiger partial charge in [-0.15, -0.1) is 5.92 Å².